The zero-order valence-electron chi connectivity index (χ0n) is 10.2. The molecule has 17 heavy (non-hydrogen) atoms. The van der Waals surface area contributed by atoms with Crippen molar-refractivity contribution >= 4 is 9.84 Å². The number of rotatable bonds is 5. The standard InChI is InChI=1S/C13H17NO2S/c1-3-11(2)12-5-7-13(8-6-12)17(15,16)10-4-9-14/h5-8,11H,3-4,10H2,1-2H3. The molecule has 4 heteroatoms. The molecule has 0 bridgehead atoms. The lowest BCUT2D eigenvalue weighted by atomic mass is 9.99. The Morgan fingerprint density at radius 2 is 1.88 bits per heavy atom. The third-order valence-electron chi connectivity index (χ3n) is 2.90. The highest BCUT2D eigenvalue weighted by molar-refractivity contribution is 7.91. The molecule has 0 aliphatic rings. The molecule has 1 rings (SSSR count). The lowest BCUT2D eigenvalue weighted by Gasteiger charge is -2.09. The Balaban J connectivity index is 2.92. The van der Waals surface area contributed by atoms with Crippen LogP contribution in [0.5, 0.6) is 0 Å². The van der Waals surface area contributed by atoms with Gasteiger partial charge in [0, 0.05) is 6.42 Å². The Morgan fingerprint density at radius 1 is 1.29 bits per heavy atom. The first-order valence-corrected chi connectivity index (χ1v) is 7.36. The van der Waals surface area contributed by atoms with Crippen LogP contribution in [0.15, 0.2) is 29.2 Å². The predicted octanol–water partition coefficient (Wildman–Crippen LogP) is 2.89. The van der Waals surface area contributed by atoms with Gasteiger partial charge in [-0.05, 0) is 30.0 Å². The minimum atomic E-state index is -3.29. The molecule has 0 aliphatic carbocycles. The van der Waals surface area contributed by atoms with Gasteiger partial charge >= 0.3 is 0 Å². The van der Waals surface area contributed by atoms with Crippen LogP contribution in [0.1, 0.15) is 38.2 Å². The maximum atomic E-state index is 11.8. The summed E-state index contributed by atoms with van der Waals surface area (Å²) in [7, 11) is -3.29. The molecule has 1 atom stereocenters. The van der Waals surface area contributed by atoms with E-state index in [-0.39, 0.29) is 12.2 Å². The van der Waals surface area contributed by atoms with Crippen LogP contribution in [-0.2, 0) is 9.84 Å². The summed E-state index contributed by atoms with van der Waals surface area (Å²) < 4.78 is 23.6. The van der Waals surface area contributed by atoms with E-state index in [0.717, 1.165) is 12.0 Å². The van der Waals surface area contributed by atoms with Crippen molar-refractivity contribution in [2.24, 2.45) is 0 Å². The van der Waals surface area contributed by atoms with E-state index in [9.17, 15) is 8.42 Å². The fourth-order valence-electron chi connectivity index (χ4n) is 1.54. The molecule has 1 unspecified atom stereocenters. The number of benzene rings is 1. The molecule has 0 amide bonds. The molecule has 0 saturated carbocycles. The van der Waals surface area contributed by atoms with E-state index >= 15 is 0 Å². The predicted molar refractivity (Wildman–Crippen MR) is 67.4 cm³/mol. The number of nitriles is 1. The number of hydrogen-bond donors (Lipinski definition) is 0. The summed E-state index contributed by atoms with van der Waals surface area (Å²) in [6.45, 7) is 4.21. The lowest BCUT2D eigenvalue weighted by molar-refractivity contribution is 0.595. The highest BCUT2D eigenvalue weighted by atomic mass is 32.2. The average Bonchev–Trinajstić information content (AvgIpc) is 2.35. The SMILES string of the molecule is CCC(C)c1ccc(S(=O)(=O)CCC#N)cc1. The molecule has 0 aromatic heterocycles. The van der Waals surface area contributed by atoms with E-state index in [1.165, 1.54) is 0 Å². The Morgan fingerprint density at radius 3 is 2.35 bits per heavy atom. The number of hydrogen-bond acceptors (Lipinski definition) is 3. The zero-order valence-corrected chi connectivity index (χ0v) is 11.0. The highest BCUT2D eigenvalue weighted by Crippen LogP contribution is 2.21. The Bertz CT molecular complexity index is 497. The smallest absolute Gasteiger partial charge is 0.179 e. The van der Waals surface area contributed by atoms with Crippen LogP contribution in [0.2, 0.25) is 0 Å². The van der Waals surface area contributed by atoms with Crippen molar-refractivity contribution in [3.8, 4) is 6.07 Å². The van der Waals surface area contributed by atoms with Crippen molar-refractivity contribution in [3.63, 3.8) is 0 Å². The molecule has 0 heterocycles. The first-order valence-electron chi connectivity index (χ1n) is 5.71. The third-order valence-corrected chi connectivity index (χ3v) is 4.64. The zero-order chi connectivity index (χ0) is 12.9. The average molecular weight is 251 g/mol. The fourth-order valence-corrected chi connectivity index (χ4v) is 2.68. The fraction of sp³-hybridized carbons (Fsp3) is 0.462. The van der Waals surface area contributed by atoms with E-state index in [1.54, 1.807) is 12.1 Å². The van der Waals surface area contributed by atoms with E-state index in [2.05, 4.69) is 13.8 Å². The minimum absolute atomic E-state index is 0.0372. The first kappa shape index (κ1) is 13.7. The summed E-state index contributed by atoms with van der Waals surface area (Å²) in [6, 6.07) is 8.83. The molecule has 92 valence electrons. The quantitative estimate of drug-likeness (QED) is 0.808. The molecule has 0 fully saturated rings. The molecular weight excluding hydrogens is 234 g/mol. The second-order valence-electron chi connectivity index (χ2n) is 4.11. The van der Waals surface area contributed by atoms with Gasteiger partial charge in [-0.25, -0.2) is 8.42 Å². The largest absolute Gasteiger partial charge is 0.224 e. The summed E-state index contributed by atoms with van der Waals surface area (Å²) in [5.74, 6) is 0.331. The van der Waals surface area contributed by atoms with Gasteiger partial charge in [-0.3, -0.25) is 0 Å². The van der Waals surface area contributed by atoms with Gasteiger partial charge in [-0.2, -0.15) is 5.26 Å². The van der Waals surface area contributed by atoms with Crippen LogP contribution in [0.25, 0.3) is 0 Å². The van der Waals surface area contributed by atoms with Gasteiger partial charge in [0.2, 0.25) is 0 Å². The van der Waals surface area contributed by atoms with Crippen molar-refractivity contribution in [1.29, 1.82) is 5.26 Å². The van der Waals surface area contributed by atoms with Crippen LogP contribution in [0, 0.1) is 11.3 Å². The van der Waals surface area contributed by atoms with Crippen LogP contribution >= 0.6 is 0 Å². The topological polar surface area (TPSA) is 57.9 Å². The summed E-state index contributed by atoms with van der Waals surface area (Å²) in [5, 5.41) is 8.41. The Labute approximate surface area is 103 Å². The molecule has 1 aromatic carbocycles. The van der Waals surface area contributed by atoms with Crippen molar-refractivity contribution in [1.82, 2.24) is 0 Å². The van der Waals surface area contributed by atoms with Gasteiger partial charge in [-0.1, -0.05) is 26.0 Å². The van der Waals surface area contributed by atoms with Crippen molar-refractivity contribution in [3.05, 3.63) is 29.8 Å². The van der Waals surface area contributed by atoms with E-state index in [4.69, 9.17) is 5.26 Å². The van der Waals surface area contributed by atoms with Crippen LogP contribution < -0.4 is 0 Å². The molecule has 3 nitrogen and oxygen atoms in total. The van der Waals surface area contributed by atoms with Gasteiger partial charge in [0.1, 0.15) is 0 Å². The van der Waals surface area contributed by atoms with E-state index in [0.29, 0.717) is 10.8 Å². The minimum Gasteiger partial charge on any atom is -0.224 e. The molecule has 1 aromatic rings. The number of sulfone groups is 1. The molecule has 0 radical (unpaired) electrons. The van der Waals surface area contributed by atoms with Gasteiger partial charge in [0.25, 0.3) is 0 Å². The third kappa shape index (κ3) is 3.57. The number of nitrogens with zero attached hydrogens (tertiary/aromatic N) is 1. The monoisotopic (exact) mass is 251 g/mol. The Hall–Kier alpha value is -1.34. The van der Waals surface area contributed by atoms with Gasteiger partial charge in [-0.15, -0.1) is 0 Å². The van der Waals surface area contributed by atoms with Crippen molar-refractivity contribution in [2.75, 3.05) is 5.75 Å². The van der Waals surface area contributed by atoms with Gasteiger partial charge in [0.15, 0.2) is 9.84 Å². The van der Waals surface area contributed by atoms with Gasteiger partial charge in [0.05, 0.1) is 16.7 Å². The van der Waals surface area contributed by atoms with E-state index < -0.39 is 9.84 Å². The molecule has 0 spiro atoms. The second-order valence-corrected chi connectivity index (χ2v) is 6.21. The molecule has 0 N–H and O–H groups in total. The molecule has 0 saturated heterocycles. The maximum absolute atomic E-state index is 11.8. The van der Waals surface area contributed by atoms with Crippen LogP contribution in [0.3, 0.4) is 0 Å². The summed E-state index contributed by atoms with van der Waals surface area (Å²) >= 11 is 0. The van der Waals surface area contributed by atoms with E-state index in [1.807, 2.05) is 18.2 Å². The summed E-state index contributed by atoms with van der Waals surface area (Å²) in [4.78, 5) is 0.305. The first-order chi connectivity index (χ1) is 8.01. The normalized spacial score (nSPS) is 13.0. The van der Waals surface area contributed by atoms with Crippen molar-refractivity contribution < 1.29 is 8.42 Å². The lowest BCUT2D eigenvalue weighted by Crippen LogP contribution is -2.06. The summed E-state index contributed by atoms with van der Waals surface area (Å²) in [6.07, 6.45) is 1.07. The summed E-state index contributed by atoms with van der Waals surface area (Å²) in [5.41, 5.74) is 1.15. The van der Waals surface area contributed by atoms with Crippen molar-refractivity contribution in [2.45, 2.75) is 37.5 Å². The highest BCUT2D eigenvalue weighted by Gasteiger charge is 2.14. The van der Waals surface area contributed by atoms with Crippen LogP contribution in [0.4, 0.5) is 0 Å². The maximum Gasteiger partial charge on any atom is 0.179 e. The van der Waals surface area contributed by atoms with Crippen LogP contribution in [-0.4, -0.2) is 14.2 Å². The second kappa shape index (κ2) is 5.83. The Kier molecular flexibility index (Phi) is 4.71. The van der Waals surface area contributed by atoms with Gasteiger partial charge < -0.3 is 0 Å². The molecular formula is C13H17NO2S. The molecule has 0 aliphatic heterocycles.